The molecule has 2 aromatic heterocycles. The SMILES string of the molecule is CN=C(NCc1csc(Br)c1)NCC(O)c1cnn(C)c1. The summed E-state index contributed by atoms with van der Waals surface area (Å²) in [6.07, 6.45) is 2.84. The second-order valence-corrected chi connectivity index (χ2v) is 6.82. The van der Waals surface area contributed by atoms with Crippen molar-refractivity contribution in [3.8, 4) is 0 Å². The number of hydrogen-bond acceptors (Lipinski definition) is 4. The minimum atomic E-state index is -0.618. The Morgan fingerprint density at radius 2 is 2.38 bits per heavy atom. The largest absolute Gasteiger partial charge is 0.386 e. The summed E-state index contributed by atoms with van der Waals surface area (Å²) in [7, 11) is 3.53. The minimum Gasteiger partial charge on any atom is -0.386 e. The number of halogens is 1. The molecule has 0 fully saturated rings. The first-order valence-electron chi connectivity index (χ1n) is 6.42. The summed E-state index contributed by atoms with van der Waals surface area (Å²) < 4.78 is 2.77. The molecule has 2 heterocycles. The van der Waals surface area contributed by atoms with E-state index in [-0.39, 0.29) is 0 Å². The van der Waals surface area contributed by atoms with Crippen LogP contribution in [0.5, 0.6) is 0 Å². The van der Waals surface area contributed by atoms with Gasteiger partial charge in [0.15, 0.2) is 5.96 Å². The van der Waals surface area contributed by atoms with E-state index in [0.29, 0.717) is 19.0 Å². The van der Waals surface area contributed by atoms with Gasteiger partial charge in [0.2, 0.25) is 0 Å². The monoisotopic (exact) mass is 371 g/mol. The average Bonchev–Trinajstić information content (AvgIpc) is 3.07. The number of thiophene rings is 1. The third-order valence-electron chi connectivity index (χ3n) is 2.88. The van der Waals surface area contributed by atoms with E-state index in [9.17, 15) is 5.11 Å². The van der Waals surface area contributed by atoms with Gasteiger partial charge in [-0.05, 0) is 32.9 Å². The highest BCUT2D eigenvalue weighted by Crippen LogP contribution is 2.20. The van der Waals surface area contributed by atoms with E-state index in [1.165, 1.54) is 5.56 Å². The first kappa shape index (κ1) is 16.0. The van der Waals surface area contributed by atoms with Gasteiger partial charge in [-0.2, -0.15) is 5.10 Å². The van der Waals surface area contributed by atoms with E-state index in [1.54, 1.807) is 35.5 Å². The zero-order chi connectivity index (χ0) is 15.2. The van der Waals surface area contributed by atoms with Crippen molar-refractivity contribution in [3.63, 3.8) is 0 Å². The molecule has 0 saturated heterocycles. The molecule has 0 spiro atoms. The van der Waals surface area contributed by atoms with Crippen LogP contribution in [0.2, 0.25) is 0 Å². The highest BCUT2D eigenvalue weighted by molar-refractivity contribution is 9.11. The summed E-state index contributed by atoms with van der Waals surface area (Å²) in [6.45, 7) is 1.06. The van der Waals surface area contributed by atoms with E-state index in [1.807, 2.05) is 7.05 Å². The van der Waals surface area contributed by atoms with Crippen molar-refractivity contribution in [2.45, 2.75) is 12.6 Å². The molecule has 0 aliphatic heterocycles. The van der Waals surface area contributed by atoms with Crippen LogP contribution in [0.15, 0.2) is 32.6 Å². The number of aryl methyl sites for hydroxylation is 1. The lowest BCUT2D eigenvalue weighted by Crippen LogP contribution is -2.38. The second-order valence-electron chi connectivity index (χ2n) is 4.53. The minimum absolute atomic E-state index is 0.374. The van der Waals surface area contributed by atoms with Crippen LogP contribution in [0.1, 0.15) is 17.2 Å². The number of aliphatic hydroxyl groups excluding tert-OH is 1. The number of nitrogens with one attached hydrogen (secondary N) is 2. The van der Waals surface area contributed by atoms with Crippen molar-refractivity contribution in [1.82, 2.24) is 20.4 Å². The smallest absolute Gasteiger partial charge is 0.191 e. The molecule has 6 nitrogen and oxygen atoms in total. The van der Waals surface area contributed by atoms with Crippen molar-refractivity contribution < 1.29 is 5.11 Å². The fourth-order valence-corrected chi connectivity index (χ4v) is 2.98. The summed E-state index contributed by atoms with van der Waals surface area (Å²) in [4.78, 5) is 4.13. The van der Waals surface area contributed by atoms with Gasteiger partial charge in [-0.25, -0.2) is 0 Å². The molecular weight excluding hydrogens is 354 g/mol. The van der Waals surface area contributed by atoms with Gasteiger partial charge in [0.25, 0.3) is 0 Å². The molecule has 0 radical (unpaired) electrons. The number of aliphatic imine (C=N–C) groups is 1. The lowest BCUT2D eigenvalue weighted by molar-refractivity contribution is 0.180. The molecule has 0 aromatic carbocycles. The Balaban J connectivity index is 1.80. The van der Waals surface area contributed by atoms with Crippen molar-refractivity contribution in [2.75, 3.05) is 13.6 Å². The van der Waals surface area contributed by atoms with Crippen LogP contribution in [-0.2, 0) is 13.6 Å². The molecule has 1 unspecified atom stereocenters. The Morgan fingerprint density at radius 3 is 2.95 bits per heavy atom. The first-order chi connectivity index (χ1) is 10.1. The maximum absolute atomic E-state index is 10.1. The van der Waals surface area contributed by atoms with Gasteiger partial charge in [0.05, 0.1) is 16.1 Å². The number of aromatic nitrogens is 2. The third kappa shape index (κ3) is 4.83. The fraction of sp³-hybridized carbons (Fsp3) is 0.385. The topological polar surface area (TPSA) is 74.5 Å². The van der Waals surface area contributed by atoms with Crippen molar-refractivity contribution in [1.29, 1.82) is 0 Å². The molecule has 2 aromatic rings. The maximum Gasteiger partial charge on any atom is 0.191 e. The molecule has 0 amide bonds. The van der Waals surface area contributed by atoms with Crippen LogP contribution in [0.4, 0.5) is 0 Å². The second kappa shape index (κ2) is 7.58. The van der Waals surface area contributed by atoms with Crippen LogP contribution >= 0.6 is 27.3 Å². The van der Waals surface area contributed by atoms with Gasteiger partial charge >= 0.3 is 0 Å². The summed E-state index contributed by atoms with van der Waals surface area (Å²) in [5.41, 5.74) is 1.96. The van der Waals surface area contributed by atoms with Gasteiger partial charge in [0, 0.05) is 38.9 Å². The van der Waals surface area contributed by atoms with Crippen molar-refractivity contribution in [3.05, 3.63) is 38.8 Å². The van der Waals surface area contributed by atoms with Crippen LogP contribution in [0.25, 0.3) is 0 Å². The lowest BCUT2D eigenvalue weighted by atomic mass is 10.2. The summed E-state index contributed by atoms with van der Waals surface area (Å²) in [6, 6.07) is 2.06. The molecule has 0 aliphatic rings. The first-order valence-corrected chi connectivity index (χ1v) is 8.10. The number of rotatable bonds is 5. The van der Waals surface area contributed by atoms with E-state index in [2.05, 4.69) is 48.1 Å². The Bertz CT molecular complexity index is 609. The summed E-state index contributed by atoms with van der Waals surface area (Å²) in [5, 5.41) is 22.5. The van der Waals surface area contributed by atoms with E-state index < -0.39 is 6.10 Å². The predicted molar refractivity (Wildman–Crippen MR) is 88.4 cm³/mol. The zero-order valence-electron chi connectivity index (χ0n) is 11.9. The number of guanidine groups is 1. The van der Waals surface area contributed by atoms with Gasteiger partial charge in [-0.15, -0.1) is 11.3 Å². The van der Waals surface area contributed by atoms with Crippen LogP contribution in [0, 0.1) is 0 Å². The molecule has 8 heteroatoms. The Morgan fingerprint density at radius 1 is 1.57 bits per heavy atom. The molecule has 0 saturated carbocycles. The van der Waals surface area contributed by atoms with Crippen molar-refractivity contribution >= 4 is 33.2 Å². The van der Waals surface area contributed by atoms with Gasteiger partial charge < -0.3 is 15.7 Å². The van der Waals surface area contributed by atoms with Gasteiger partial charge in [-0.1, -0.05) is 0 Å². The maximum atomic E-state index is 10.1. The number of aliphatic hydroxyl groups is 1. The molecule has 3 N–H and O–H groups in total. The molecule has 114 valence electrons. The molecule has 0 aliphatic carbocycles. The highest BCUT2D eigenvalue weighted by atomic mass is 79.9. The van der Waals surface area contributed by atoms with Gasteiger partial charge in [-0.3, -0.25) is 9.67 Å². The highest BCUT2D eigenvalue weighted by Gasteiger charge is 2.10. The fourth-order valence-electron chi connectivity index (χ4n) is 1.77. The molecular formula is C13H18BrN5OS. The lowest BCUT2D eigenvalue weighted by Gasteiger charge is -2.14. The van der Waals surface area contributed by atoms with E-state index in [4.69, 9.17) is 0 Å². The Kier molecular flexibility index (Phi) is 5.77. The summed E-state index contributed by atoms with van der Waals surface area (Å²) >= 11 is 5.09. The number of hydrogen-bond donors (Lipinski definition) is 3. The van der Waals surface area contributed by atoms with Crippen molar-refractivity contribution in [2.24, 2.45) is 12.0 Å². The Labute approximate surface area is 136 Å². The normalized spacial score (nSPS) is 13.2. The molecule has 1 atom stereocenters. The zero-order valence-corrected chi connectivity index (χ0v) is 14.3. The van der Waals surface area contributed by atoms with Crippen LogP contribution < -0.4 is 10.6 Å². The standard InChI is InChI=1S/C13H18BrN5OS/c1-15-13(16-4-9-3-12(14)21-8-9)17-6-11(20)10-5-18-19(2)7-10/h3,5,7-8,11,20H,4,6H2,1-2H3,(H2,15,16,17). The van der Waals surface area contributed by atoms with E-state index >= 15 is 0 Å². The van der Waals surface area contributed by atoms with Crippen LogP contribution in [0.3, 0.4) is 0 Å². The average molecular weight is 372 g/mol. The third-order valence-corrected chi connectivity index (χ3v) is 4.43. The van der Waals surface area contributed by atoms with Gasteiger partial charge in [0.1, 0.15) is 0 Å². The van der Waals surface area contributed by atoms with E-state index in [0.717, 1.165) is 9.35 Å². The predicted octanol–water partition coefficient (Wildman–Crippen LogP) is 1.64. The number of nitrogens with zero attached hydrogens (tertiary/aromatic N) is 3. The molecule has 0 bridgehead atoms. The van der Waals surface area contributed by atoms with Crippen LogP contribution in [-0.4, -0.2) is 34.4 Å². The summed E-state index contributed by atoms with van der Waals surface area (Å²) in [5.74, 6) is 0.653. The molecule has 2 rings (SSSR count). The Hall–Kier alpha value is -1.38. The molecule has 21 heavy (non-hydrogen) atoms. The quantitative estimate of drug-likeness (QED) is 0.551.